The second kappa shape index (κ2) is 5.21. The highest BCUT2D eigenvalue weighted by Gasteiger charge is 2.31. The second-order valence-electron chi connectivity index (χ2n) is 5.43. The van der Waals surface area contributed by atoms with Crippen LogP contribution in [-0.2, 0) is 0 Å². The maximum Gasteiger partial charge on any atom is 0.259 e. The molecule has 3 nitrogen and oxygen atoms in total. The van der Waals surface area contributed by atoms with E-state index in [0.717, 1.165) is 22.3 Å². The van der Waals surface area contributed by atoms with Gasteiger partial charge < -0.3 is 0 Å². The molecule has 0 unspecified atom stereocenters. The van der Waals surface area contributed by atoms with Gasteiger partial charge in [-0.25, -0.2) is 0 Å². The maximum atomic E-state index is 12.3. The first-order valence-corrected chi connectivity index (χ1v) is 7.39. The molecule has 3 aromatic rings. The third-order valence-corrected chi connectivity index (χ3v) is 4.05. The maximum absolute atomic E-state index is 12.3. The molecule has 3 aromatic carbocycles. The van der Waals surface area contributed by atoms with Gasteiger partial charge in [-0.05, 0) is 22.8 Å². The monoisotopic (exact) mass is 299 g/mol. The second-order valence-corrected chi connectivity index (χ2v) is 5.43. The lowest BCUT2D eigenvalue weighted by atomic mass is 9.88. The van der Waals surface area contributed by atoms with E-state index in [2.05, 4.69) is 5.32 Å². The lowest BCUT2D eigenvalue weighted by Crippen LogP contribution is -2.20. The van der Waals surface area contributed by atoms with Crippen molar-refractivity contribution in [2.45, 2.75) is 0 Å². The van der Waals surface area contributed by atoms with E-state index in [1.54, 1.807) is 6.07 Å². The van der Waals surface area contributed by atoms with Crippen molar-refractivity contribution >= 4 is 11.8 Å². The minimum atomic E-state index is -0.332. The molecular weight excluding hydrogens is 286 g/mol. The molecule has 2 amide bonds. The predicted octanol–water partition coefficient (Wildman–Crippen LogP) is 3.90. The number of rotatable bonds is 2. The molecule has 1 aliphatic heterocycles. The molecule has 1 N–H and O–H groups in total. The number of hydrogen-bond donors (Lipinski definition) is 1. The zero-order valence-corrected chi connectivity index (χ0v) is 12.2. The number of carbonyl (C=O) groups is 2. The average molecular weight is 299 g/mol. The normalized spacial score (nSPS) is 12.9. The standard InChI is InChI=1S/C20H13NO2/c22-19-16-12-11-15(13-7-3-1-4-8-13)17(18(16)20(23)21-19)14-9-5-2-6-10-14/h1-12H,(H,21,22,23). The molecule has 3 heteroatoms. The number of carbonyl (C=O) groups excluding carboxylic acids is 2. The van der Waals surface area contributed by atoms with Crippen LogP contribution in [0.2, 0.25) is 0 Å². The van der Waals surface area contributed by atoms with Gasteiger partial charge in [-0.1, -0.05) is 66.7 Å². The van der Waals surface area contributed by atoms with E-state index in [1.807, 2.05) is 66.7 Å². The van der Waals surface area contributed by atoms with Crippen LogP contribution in [0.15, 0.2) is 72.8 Å². The highest BCUT2D eigenvalue weighted by atomic mass is 16.2. The van der Waals surface area contributed by atoms with Crippen LogP contribution in [0, 0.1) is 0 Å². The quantitative estimate of drug-likeness (QED) is 0.729. The molecule has 0 radical (unpaired) electrons. The van der Waals surface area contributed by atoms with E-state index < -0.39 is 0 Å². The summed E-state index contributed by atoms with van der Waals surface area (Å²) in [7, 11) is 0. The summed E-state index contributed by atoms with van der Waals surface area (Å²) in [4.78, 5) is 24.3. The van der Waals surface area contributed by atoms with Gasteiger partial charge in [0.2, 0.25) is 0 Å². The van der Waals surface area contributed by atoms with Gasteiger partial charge in [0.25, 0.3) is 11.8 Å². The highest BCUT2D eigenvalue weighted by molar-refractivity contribution is 6.25. The molecule has 0 aliphatic carbocycles. The predicted molar refractivity (Wildman–Crippen MR) is 89.1 cm³/mol. The van der Waals surface area contributed by atoms with Gasteiger partial charge in [0, 0.05) is 5.56 Å². The summed E-state index contributed by atoms with van der Waals surface area (Å²) in [6.07, 6.45) is 0. The van der Waals surface area contributed by atoms with Crippen LogP contribution in [0.5, 0.6) is 0 Å². The third-order valence-electron chi connectivity index (χ3n) is 4.05. The Labute approximate surface area is 133 Å². The number of benzene rings is 3. The molecule has 4 rings (SSSR count). The van der Waals surface area contributed by atoms with Crippen molar-refractivity contribution in [2.75, 3.05) is 0 Å². The lowest BCUT2D eigenvalue weighted by Gasteiger charge is -2.13. The Hall–Kier alpha value is -3.20. The highest BCUT2D eigenvalue weighted by Crippen LogP contribution is 2.38. The van der Waals surface area contributed by atoms with Crippen LogP contribution in [-0.4, -0.2) is 11.8 Å². The van der Waals surface area contributed by atoms with Gasteiger partial charge >= 0.3 is 0 Å². The zero-order chi connectivity index (χ0) is 15.8. The Bertz CT molecular complexity index is 915. The van der Waals surface area contributed by atoms with E-state index in [-0.39, 0.29) is 11.8 Å². The van der Waals surface area contributed by atoms with E-state index in [1.165, 1.54) is 0 Å². The van der Waals surface area contributed by atoms with Crippen LogP contribution < -0.4 is 5.32 Å². The van der Waals surface area contributed by atoms with Gasteiger partial charge in [-0.15, -0.1) is 0 Å². The summed E-state index contributed by atoms with van der Waals surface area (Å²) < 4.78 is 0. The largest absolute Gasteiger partial charge is 0.288 e. The van der Waals surface area contributed by atoms with E-state index in [0.29, 0.717) is 11.1 Å². The van der Waals surface area contributed by atoms with E-state index >= 15 is 0 Å². The molecule has 0 bridgehead atoms. The first-order chi connectivity index (χ1) is 11.3. The fraction of sp³-hybridized carbons (Fsp3) is 0. The van der Waals surface area contributed by atoms with Gasteiger partial charge in [0.15, 0.2) is 0 Å². The Balaban J connectivity index is 2.08. The summed E-state index contributed by atoms with van der Waals surface area (Å²) >= 11 is 0. The van der Waals surface area contributed by atoms with Crippen molar-refractivity contribution in [2.24, 2.45) is 0 Å². The summed E-state index contributed by atoms with van der Waals surface area (Å²) in [5.74, 6) is -0.663. The van der Waals surface area contributed by atoms with Crippen molar-refractivity contribution < 1.29 is 9.59 Å². The third kappa shape index (κ3) is 2.14. The number of amides is 2. The molecule has 0 atom stereocenters. The molecule has 0 saturated carbocycles. The van der Waals surface area contributed by atoms with Crippen molar-refractivity contribution in [1.29, 1.82) is 0 Å². The van der Waals surface area contributed by atoms with Gasteiger partial charge in [-0.2, -0.15) is 0 Å². The van der Waals surface area contributed by atoms with Gasteiger partial charge in [0.05, 0.1) is 11.1 Å². The minimum Gasteiger partial charge on any atom is -0.288 e. The Kier molecular flexibility index (Phi) is 3.05. The molecule has 1 aliphatic rings. The topological polar surface area (TPSA) is 46.2 Å². The van der Waals surface area contributed by atoms with Crippen LogP contribution in [0.1, 0.15) is 20.7 Å². The van der Waals surface area contributed by atoms with Crippen molar-refractivity contribution in [1.82, 2.24) is 5.32 Å². The first kappa shape index (κ1) is 13.5. The van der Waals surface area contributed by atoms with Crippen LogP contribution >= 0.6 is 0 Å². The van der Waals surface area contributed by atoms with E-state index in [4.69, 9.17) is 0 Å². The summed E-state index contributed by atoms with van der Waals surface area (Å²) in [6.45, 7) is 0. The van der Waals surface area contributed by atoms with Crippen molar-refractivity contribution in [3.63, 3.8) is 0 Å². The fourth-order valence-electron chi connectivity index (χ4n) is 3.02. The number of hydrogen-bond acceptors (Lipinski definition) is 2. The molecular formula is C20H13NO2. The molecule has 110 valence electrons. The number of imide groups is 1. The number of nitrogens with one attached hydrogen (secondary N) is 1. The SMILES string of the molecule is O=C1NC(=O)c2c1ccc(-c1ccccc1)c2-c1ccccc1. The fourth-order valence-corrected chi connectivity index (χ4v) is 3.02. The summed E-state index contributed by atoms with van der Waals surface area (Å²) in [5.41, 5.74) is 4.59. The molecule has 0 fully saturated rings. The van der Waals surface area contributed by atoms with E-state index in [9.17, 15) is 9.59 Å². The van der Waals surface area contributed by atoms with Gasteiger partial charge in [0.1, 0.15) is 0 Å². The minimum absolute atomic E-state index is 0.332. The van der Waals surface area contributed by atoms with Crippen LogP contribution in [0.4, 0.5) is 0 Å². The smallest absolute Gasteiger partial charge is 0.259 e. The average Bonchev–Trinajstić information content (AvgIpc) is 2.90. The molecule has 23 heavy (non-hydrogen) atoms. The Morgan fingerprint density at radius 1 is 0.522 bits per heavy atom. The van der Waals surface area contributed by atoms with Crippen molar-refractivity contribution in [3.05, 3.63) is 83.9 Å². The zero-order valence-electron chi connectivity index (χ0n) is 12.2. The Morgan fingerprint density at radius 2 is 1.09 bits per heavy atom. The lowest BCUT2D eigenvalue weighted by molar-refractivity contribution is 0.0880. The molecule has 0 aromatic heterocycles. The first-order valence-electron chi connectivity index (χ1n) is 7.39. The summed E-state index contributed by atoms with van der Waals surface area (Å²) in [5, 5.41) is 2.39. The van der Waals surface area contributed by atoms with Gasteiger partial charge in [-0.3, -0.25) is 14.9 Å². The summed E-state index contributed by atoms with van der Waals surface area (Å²) in [6, 6.07) is 23.2. The Morgan fingerprint density at radius 3 is 1.74 bits per heavy atom. The van der Waals surface area contributed by atoms with Crippen LogP contribution in [0.3, 0.4) is 0 Å². The molecule has 0 spiro atoms. The molecule has 1 heterocycles. The van der Waals surface area contributed by atoms with Crippen LogP contribution in [0.25, 0.3) is 22.3 Å². The molecule has 0 saturated heterocycles. The number of fused-ring (bicyclic) bond motifs is 1. The van der Waals surface area contributed by atoms with Crippen molar-refractivity contribution in [3.8, 4) is 22.3 Å².